The lowest BCUT2D eigenvalue weighted by Crippen LogP contribution is -2.06. The molecule has 3 heteroatoms. The summed E-state index contributed by atoms with van der Waals surface area (Å²) in [6, 6.07) is 0. The number of halogens is 1. The largest absolute Gasteiger partial charge is 0.459 e. The molecule has 0 aromatic heterocycles. The predicted molar refractivity (Wildman–Crippen MR) is 47.4 cm³/mol. The third-order valence-corrected chi connectivity index (χ3v) is 2.15. The highest BCUT2D eigenvalue weighted by molar-refractivity contribution is 9.09. The summed E-state index contributed by atoms with van der Waals surface area (Å²) in [5.41, 5.74) is 0. The average molecular weight is 221 g/mol. The lowest BCUT2D eigenvalue weighted by molar-refractivity contribution is -0.0294. The van der Waals surface area contributed by atoms with Crippen molar-refractivity contribution in [2.75, 3.05) is 5.33 Å². The molecule has 1 aliphatic rings. The minimum atomic E-state index is -0.00896. The van der Waals surface area contributed by atoms with Crippen LogP contribution in [-0.2, 0) is 9.47 Å². The second kappa shape index (κ2) is 5.47. The Bertz CT molecular complexity index is 117. The fourth-order valence-corrected chi connectivity index (χ4v) is 1.39. The Kier molecular flexibility index (Phi) is 4.43. The molecule has 0 fully saturated rings. The molecule has 0 saturated carbocycles. The van der Waals surface area contributed by atoms with Crippen LogP contribution in [0.15, 0.2) is 12.5 Å². The van der Waals surface area contributed by atoms with Gasteiger partial charge >= 0.3 is 0 Å². The van der Waals surface area contributed by atoms with Gasteiger partial charge < -0.3 is 9.47 Å². The van der Waals surface area contributed by atoms with Gasteiger partial charge in [0.15, 0.2) is 0 Å². The molecule has 1 heterocycles. The molecule has 0 bridgehead atoms. The van der Waals surface area contributed by atoms with Crippen LogP contribution in [0.1, 0.15) is 25.7 Å². The standard InChI is InChI=1S/C8H13BrO2/c9-5-3-1-2-4-8-10-6-7-11-8/h6-8H,1-5H2. The van der Waals surface area contributed by atoms with Crippen molar-refractivity contribution >= 4 is 15.9 Å². The third-order valence-electron chi connectivity index (χ3n) is 1.59. The quantitative estimate of drug-likeness (QED) is 0.525. The Morgan fingerprint density at radius 3 is 2.45 bits per heavy atom. The van der Waals surface area contributed by atoms with E-state index in [1.807, 2.05) is 0 Å². The molecule has 0 aliphatic carbocycles. The van der Waals surface area contributed by atoms with Crippen molar-refractivity contribution < 1.29 is 9.47 Å². The van der Waals surface area contributed by atoms with Crippen LogP contribution in [0.4, 0.5) is 0 Å². The summed E-state index contributed by atoms with van der Waals surface area (Å²) in [6.45, 7) is 0. The van der Waals surface area contributed by atoms with Crippen molar-refractivity contribution in [2.45, 2.75) is 32.0 Å². The van der Waals surface area contributed by atoms with E-state index in [1.54, 1.807) is 12.5 Å². The molecule has 0 unspecified atom stereocenters. The molecule has 0 spiro atoms. The Morgan fingerprint density at radius 1 is 1.09 bits per heavy atom. The van der Waals surface area contributed by atoms with E-state index in [-0.39, 0.29) is 6.29 Å². The molecule has 1 rings (SSSR count). The molecule has 0 atom stereocenters. The van der Waals surface area contributed by atoms with Crippen LogP contribution in [0, 0.1) is 0 Å². The van der Waals surface area contributed by atoms with Gasteiger partial charge in [0.2, 0.25) is 6.29 Å². The fraction of sp³-hybridized carbons (Fsp3) is 0.750. The summed E-state index contributed by atoms with van der Waals surface area (Å²) in [6.07, 6.45) is 7.86. The first-order valence-corrected chi connectivity index (χ1v) is 5.07. The summed E-state index contributed by atoms with van der Waals surface area (Å²) in [5.74, 6) is 0. The van der Waals surface area contributed by atoms with Crippen LogP contribution in [-0.4, -0.2) is 11.6 Å². The average Bonchev–Trinajstić information content (AvgIpc) is 2.50. The highest BCUT2D eigenvalue weighted by Crippen LogP contribution is 2.13. The minimum Gasteiger partial charge on any atom is -0.459 e. The Balaban J connectivity index is 1.87. The number of rotatable bonds is 5. The van der Waals surface area contributed by atoms with E-state index in [2.05, 4.69) is 15.9 Å². The second-order valence-electron chi connectivity index (χ2n) is 2.51. The van der Waals surface area contributed by atoms with Crippen LogP contribution in [0.5, 0.6) is 0 Å². The lowest BCUT2D eigenvalue weighted by Gasteiger charge is -2.08. The smallest absolute Gasteiger partial charge is 0.239 e. The maximum atomic E-state index is 5.12. The van der Waals surface area contributed by atoms with Crippen LogP contribution in [0.3, 0.4) is 0 Å². The van der Waals surface area contributed by atoms with Gasteiger partial charge in [0, 0.05) is 11.8 Å². The molecule has 2 nitrogen and oxygen atoms in total. The third kappa shape index (κ3) is 3.65. The molecule has 64 valence electrons. The van der Waals surface area contributed by atoms with E-state index in [4.69, 9.17) is 9.47 Å². The predicted octanol–water partition coefficient (Wildman–Crippen LogP) is 2.79. The number of hydrogen-bond acceptors (Lipinski definition) is 2. The van der Waals surface area contributed by atoms with Gasteiger partial charge in [-0.25, -0.2) is 0 Å². The Hall–Kier alpha value is -0.180. The fourth-order valence-electron chi connectivity index (χ4n) is 0.990. The SMILES string of the molecule is BrCCCCCC1OC=CO1. The van der Waals surface area contributed by atoms with E-state index in [1.165, 1.54) is 19.3 Å². The second-order valence-corrected chi connectivity index (χ2v) is 3.31. The maximum absolute atomic E-state index is 5.12. The zero-order chi connectivity index (χ0) is 7.94. The molecule has 0 aromatic carbocycles. The monoisotopic (exact) mass is 220 g/mol. The molecule has 11 heavy (non-hydrogen) atoms. The Labute approximate surface area is 75.7 Å². The van der Waals surface area contributed by atoms with Crippen LogP contribution in [0.2, 0.25) is 0 Å². The van der Waals surface area contributed by atoms with E-state index in [9.17, 15) is 0 Å². The van der Waals surface area contributed by atoms with Gasteiger partial charge in [0.25, 0.3) is 0 Å². The van der Waals surface area contributed by atoms with Crippen LogP contribution >= 0.6 is 15.9 Å². The highest BCUT2D eigenvalue weighted by Gasteiger charge is 2.10. The van der Waals surface area contributed by atoms with Gasteiger partial charge in [0.05, 0.1) is 0 Å². The van der Waals surface area contributed by atoms with E-state index in [0.29, 0.717) is 0 Å². The van der Waals surface area contributed by atoms with Gasteiger partial charge in [-0.1, -0.05) is 22.4 Å². The van der Waals surface area contributed by atoms with Gasteiger partial charge in [-0.05, 0) is 12.8 Å². The first kappa shape index (κ1) is 8.91. The number of hydrogen-bond donors (Lipinski definition) is 0. The van der Waals surface area contributed by atoms with Crippen molar-refractivity contribution in [3.05, 3.63) is 12.5 Å². The molecule has 0 N–H and O–H groups in total. The molecule has 0 saturated heterocycles. The highest BCUT2D eigenvalue weighted by atomic mass is 79.9. The molecule has 0 radical (unpaired) electrons. The van der Waals surface area contributed by atoms with E-state index < -0.39 is 0 Å². The van der Waals surface area contributed by atoms with E-state index >= 15 is 0 Å². The van der Waals surface area contributed by atoms with Crippen molar-refractivity contribution in [3.63, 3.8) is 0 Å². The lowest BCUT2D eigenvalue weighted by atomic mass is 10.2. The van der Waals surface area contributed by atoms with Crippen molar-refractivity contribution in [1.82, 2.24) is 0 Å². The number of unbranched alkanes of at least 4 members (excludes halogenated alkanes) is 2. The van der Waals surface area contributed by atoms with Crippen LogP contribution < -0.4 is 0 Å². The molecule has 1 aliphatic heterocycles. The van der Waals surface area contributed by atoms with Crippen LogP contribution in [0.25, 0.3) is 0 Å². The topological polar surface area (TPSA) is 18.5 Å². The van der Waals surface area contributed by atoms with Gasteiger partial charge in [-0.15, -0.1) is 0 Å². The molecule has 0 aromatic rings. The van der Waals surface area contributed by atoms with Crippen molar-refractivity contribution in [1.29, 1.82) is 0 Å². The summed E-state index contributed by atoms with van der Waals surface area (Å²) in [5, 5.41) is 1.09. The molecular formula is C8H13BrO2. The number of ether oxygens (including phenoxy) is 2. The zero-order valence-corrected chi connectivity index (χ0v) is 8.05. The number of alkyl halides is 1. The first-order valence-electron chi connectivity index (χ1n) is 3.95. The van der Waals surface area contributed by atoms with Gasteiger partial charge in [0.1, 0.15) is 12.5 Å². The zero-order valence-electron chi connectivity index (χ0n) is 6.46. The Morgan fingerprint density at radius 2 is 1.82 bits per heavy atom. The summed E-state index contributed by atoms with van der Waals surface area (Å²) in [7, 11) is 0. The maximum Gasteiger partial charge on any atom is 0.239 e. The van der Waals surface area contributed by atoms with Crippen molar-refractivity contribution in [3.8, 4) is 0 Å². The minimum absolute atomic E-state index is 0.00896. The normalized spacial score (nSPS) is 16.5. The van der Waals surface area contributed by atoms with E-state index in [0.717, 1.165) is 11.8 Å². The van der Waals surface area contributed by atoms with Crippen molar-refractivity contribution in [2.24, 2.45) is 0 Å². The van der Waals surface area contributed by atoms with Gasteiger partial charge in [-0.2, -0.15) is 0 Å². The molecule has 0 amide bonds. The summed E-state index contributed by atoms with van der Waals surface area (Å²) < 4.78 is 10.2. The first-order chi connectivity index (χ1) is 5.43. The summed E-state index contributed by atoms with van der Waals surface area (Å²) >= 11 is 3.39. The summed E-state index contributed by atoms with van der Waals surface area (Å²) in [4.78, 5) is 0. The molecular weight excluding hydrogens is 208 g/mol. The van der Waals surface area contributed by atoms with Gasteiger partial charge in [-0.3, -0.25) is 0 Å².